The van der Waals surface area contributed by atoms with E-state index in [2.05, 4.69) is 20.9 Å². The fraction of sp³-hybridized carbons (Fsp3) is 0.412. The molecule has 3 aliphatic rings. The lowest BCUT2D eigenvalue weighted by atomic mass is 9.72. The van der Waals surface area contributed by atoms with Gasteiger partial charge in [-0.3, -0.25) is 9.59 Å². The number of anilines is 1. The number of aromatic nitrogens is 2. The predicted molar refractivity (Wildman–Crippen MR) is 166 cm³/mol. The van der Waals surface area contributed by atoms with Crippen molar-refractivity contribution in [2.75, 3.05) is 5.32 Å². The molecule has 5 heterocycles. The van der Waals surface area contributed by atoms with Crippen LogP contribution >= 0.6 is 0 Å². The quantitative estimate of drug-likeness (QED) is 0.212. The van der Waals surface area contributed by atoms with Crippen LogP contribution in [0.5, 0.6) is 5.75 Å². The fourth-order valence-corrected chi connectivity index (χ4v) is 6.59. The molecule has 0 fully saturated rings. The van der Waals surface area contributed by atoms with Crippen molar-refractivity contribution in [1.29, 1.82) is 0 Å². The van der Waals surface area contributed by atoms with E-state index in [1.807, 2.05) is 56.3 Å². The molecule has 1 spiro atoms. The maximum atomic E-state index is 13.9. The van der Waals surface area contributed by atoms with E-state index in [9.17, 15) is 19.8 Å². The van der Waals surface area contributed by atoms with Gasteiger partial charge in [0.1, 0.15) is 41.3 Å². The van der Waals surface area contributed by atoms with E-state index in [-0.39, 0.29) is 30.0 Å². The Balaban J connectivity index is 1.48. The second kappa shape index (κ2) is 11.0. The molecule has 0 radical (unpaired) electrons. The van der Waals surface area contributed by atoms with Gasteiger partial charge < -0.3 is 39.7 Å². The molecule has 2 aromatic heterocycles. The third-order valence-electron chi connectivity index (χ3n) is 9.10. The number of amides is 2. The predicted octanol–water partition coefficient (Wildman–Crippen LogP) is 3.73. The minimum atomic E-state index is -1.28. The first kappa shape index (κ1) is 30.0. The van der Waals surface area contributed by atoms with Gasteiger partial charge >= 0.3 is 0 Å². The van der Waals surface area contributed by atoms with E-state index in [4.69, 9.17) is 18.6 Å². The smallest absolute Gasteiger partial charge is 0.249 e. The summed E-state index contributed by atoms with van der Waals surface area (Å²) in [7, 11) is 0. The van der Waals surface area contributed by atoms with Gasteiger partial charge in [0.2, 0.25) is 23.6 Å². The number of rotatable bonds is 6. The van der Waals surface area contributed by atoms with Crippen molar-refractivity contribution in [3.63, 3.8) is 0 Å². The Morgan fingerprint density at radius 1 is 1.04 bits per heavy atom. The number of fused-ring (bicyclic) bond motifs is 4. The van der Waals surface area contributed by atoms with Gasteiger partial charge in [-0.1, -0.05) is 58.0 Å². The molecule has 7 rings (SSSR count). The number of oxazole rings is 2. The van der Waals surface area contributed by atoms with E-state index in [1.54, 1.807) is 20.8 Å². The Kier molecular flexibility index (Phi) is 7.17. The number of carbonyl (C=O) groups is 2. The monoisotopic (exact) mass is 627 g/mol. The van der Waals surface area contributed by atoms with E-state index in [0.29, 0.717) is 22.9 Å². The van der Waals surface area contributed by atoms with Crippen LogP contribution in [-0.2, 0) is 21.4 Å². The standard InChI is InChI=1S/C34H37N5O7/c1-15(2)25-32-39-26(31-36-23(14-44-31)17(5)40)28(46-32)34-19-8-6-7-9-21(19)37-33(34)45-24-11-10-18(12-20(24)34)13-22(29(42)38-25)35-30(43)27(41)16(3)4/h6-12,14-17,22,25,27,33,37,40-41H,13H2,1-5H3,(H,35,43)(H,38,42)/t17?,22-,25-,27-,33+,34?/m0/s1. The third-order valence-corrected chi connectivity index (χ3v) is 9.10. The summed E-state index contributed by atoms with van der Waals surface area (Å²) in [5.41, 5.74) is 2.92. The van der Waals surface area contributed by atoms with Gasteiger partial charge in [-0.15, -0.1) is 0 Å². The van der Waals surface area contributed by atoms with Crippen molar-refractivity contribution >= 4 is 17.5 Å². The highest BCUT2D eigenvalue weighted by Crippen LogP contribution is 2.59. The Bertz CT molecular complexity index is 1830. The number of benzene rings is 2. The number of hydrogen-bond acceptors (Lipinski definition) is 10. The molecule has 12 heteroatoms. The van der Waals surface area contributed by atoms with Gasteiger partial charge in [-0.2, -0.15) is 0 Å². The molecule has 240 valence electrons. The summed E-state index contributed by atoms with van der Waals surface area (Å²) in [5.74, 6) is -0.182. The van der Waals surface area contributed by atoms with Crippen LogP contribution in [0.2, 0.25) is 0 Å². The lowest BCUT2D eigenvalue weighted by molar-refractivity contribution is -0.135. The van der Waals surface area contributed by atoms with E-state index >= 15 is 0 Å². The summed E-state index contributed by atoms with van der Waals surface area (Å²) in [6.07, 6.45) is -1.22. The van der Waals surface area contributed by atoms with Crippen LogP contribution in [0.4, 0.5) is 5.69 Å². The lowest BCUT2D eigenvalue weighted by Crippen LogP contribution is -2.52. The molecular weight excluding hydrogens is 590 g/mol. The lowest BCUT2D eigenvalue weighted by Gasteiger charge is -2.29. The molecule has 2 aromatic carbocycles. The molecule has 3 aliphatic heterocycles. The molecule has 46 heavy (non-hydrogen) atoms. The number of nitrogens with zero attached hydrogens (tertiary/aromatic N) is 2. The van der Waals surface area contributed by atoms with Gasteiger partial charge in [0.15, 0.2) is 17.7 Å². The second-order valence-electron chi connectivity index (χ2n) is 13.0. The first-order valence-corrected chi connectivity index (χ1v) is 15.6. The van der Waals surface area contributed by atoms with Crippen molar-refractivity contribution in [2.45, 2.75) is 77.0 Å². The summed E-state index contributed by atoms with van der Waals surface area (Å²) >= 11 is 0. The molecule has 5 N–H and O–H groups in total. The largest absolute Gasteiger partial charge is 0.469 e. The molecule has 6 atom stereocenters. The number of aliphatic hydroxyl groups excluding tert-OH is 2. The Morgan fingerprint density at radius 3 is 2.54 bits per heavy atom. The Hall–Kier alpha value is -4.68. The van der Waals surface area contributed by atoms with Crippen LogP contribution in [0.15, 0.2) is 57.6 Å². The zero-order valence-corrected chi connectivity index (χ0v) is 26.2. The summed E-state index contributed by atoms with van der Waals surface area (Å²) in [5, 5.41) is 30.1. The fourth-order valence-electron chi connectivity index (χ4n) is 6.59. The maximum Gasteiger partial charge on any atom is 0.249 e. The highest BCUT2D eigenvalue weighted by atomic mass is 16.5. The van der Waals surface area contributed by atoms with Gasteiger partial charge in [0, 0.05) is 17.7 Å². The highest BCUT2D eigenvalue weighted by molar-refractivity contribution is 5.90. The van der Waals surface area contributed by atoms with Crippen molar-refractivity contribution in [3.8, 4) is 17.3 Å². The van der Waals surface area contributed by atoms with Crippen LogP contribution in [0.25, 0.3) is 11.6 Å². The van der Waals surface area contributed by atoms with E-state index in [1.165, 1.54) is 6.26 Å². The van der Waals surface area contributed by atoms with Crippen LogP contribution in [-0.4, -0.2) is 50.4 Å². The summed E-state index contributed by atoms with van der Waals surface area (Å²) in [4.78, 5) is 36.5. The van der Waals surface area contributed by atoms with Crippen LogP contribution in [0.1, 0.15) is 80.8 Å². The summed E-state index contributed by atoms with van der Waals surface area (Å²) in [6, 6.07) is 11.9. The molecule has 0 saturated heterocycles. The molecule has 4 bridgehead atoms. The van der Waals surface area contributed by atoms with Crippen LogP contribution in [0, 0.1) is 11.8 Å². The van der Waals surface area contributed by atoms with E-state index in [0.717, 1.165) is 22.4 Å². The number of hydrogen-bond donors (Lipinski definition) is 5. The van der Waals surface area contributed by atoms with E-state index < -0.39 is 47.7 Å². The molecular formula is C34H37N5O7. The number of carbonyl (C=O) groups excluding carboxylic acids is 2. The number of aliphatic hydroxyl groups is 2. The SMILES string of the molecule is CC(O)c1coc(-c2nc3oc2C24c5ccccc5N[C@@H]2Oc2ccc(cc24)C[C@H](NC(=O)[C@@H](O)C(C)C)C(=O)N[C@H]3C(C)C)n1. The molecule has 0 saturated carbocycles. The van der Waals surface area contributed by atoms with Gasteiger partial charge in [-0.05, 0) is 42.0 Å². The molecule has 2 unspecified atom stereocenters. The Labute approximate surface area is 265 Å². The second-order valence-corrected chi connectivity index (χ2v) is 13.0. The van der Waals surface area contributed by atoms with Crippen molar-refractivity contribution in [3.05, 3.63) is 82.8 Å². The average molecular weight is 628 g/mol. The minimum absolute atomic E-state index is 0.152. The third kappa shape index (κ3) is 4.58. The molecule has 2 amide bonds. The summed E-state index contributed by atoms with van der Waals surface area (Å²) in [6.45, 7) is 8.93. The maximum absolute atomic E-state index is 13.9. The first-order chi connectivity index (χ1) is 22.0. The van der Waals surface area contributed by atoms with Gasteiger partial charge in [-0.25, -0.2) is 9.97 Å². The van der Waals surface area contributed by atoms with Crippen molar-refractivity contribution in [1.82, 2.24) is 20.6 Å². The average Bonchev–Trinajstić information content (AvgIpc) is 3.79. The zero-order valence-electron chi connectivity index (χ0n) is 26.2. The normalized spacial score (nSPS) is 24.2. The molecule has 12 nitrogen and oxygen atoms in total. The van der Waals surface area contributed by atoms with Crippen molar-refractivity contribution < 1.29 is 33.4 Å². The molecule has 4 aromatic rings. The highest BCUT2D eigenvalue weighted by Gasteiger charge is 2.61. The number of ether oxygens (including phenoxy) is 1. The first-order valence-electron chi connectivity index (χ1n) is 15.6. The summed E-state index contributed by atoms with van der Waals surface area (Å²) < 4.78 is 19.2. The van der Waals surface area contributed by atoms with Crippen LogP contribution < -0.4 is 20.7 Å². The molecule has 0 aliphatic carbocycles. The van der Waals surface area contributed by atoms with Gasteiger partial charge in [0.05, 0.1) is 6.10 Å². The van der Waals surface area contributed by atoms with Crippen molar-refractivity contribution in [2.24, 2.45) is 11.8 Å². The minimum Gasteiger partial charge on any atom is -0.469 e. The number of nitrogens with one attached hydrogen (secondary N) is 3. The topological polar surface area (TPSA) is 172 Å². The zero-order chi connectivity index (χ0) is 32.5. The number of para-hydroxylation sites is 1. The van der Waals surface area contributed by atoms with Gasteiger partial charge in [0.25, 0.3) is 0 Å². The Morgan fingerprint density at radius 2 is 1.83 bits per heavy atom. The van der Waals surface area contributed by atoms with Crippen LogP contribution in [0.3, 0.4) is 0 Å².